The maximum Gasteiger partial charge on any atom is 0.227 e. The summed E-state index contributed by atoms with van der Waals surface area (Å²) in [5, 5.41) is 11.3. The first-order valence-electron chi connectivity index (χ1n) is 11.6. The van der Waals surface area contributed by atoms with Crippen LogP contribution < -0.4 is 0 Å². The first-order chi connectivity index (χ1) is 14.4. The Morgan fingerprint density at radius 3 is 2.16 bits per heavy atom. The topological polar surface area (TPSA) is 43.8 Å². The smallest absolute Gasteiger partial charge is 0.227 e. The molecule has 0 aromatic heterocycles. The minimum absolute atomic E-state index is 0. The monoisotopic (exact) mass is 470 g/mol. The summed E-state index contributed by atoms with van der Waals surface area (Å²) in [6.45, 7) is 12.5. The van der Waals surface area contributed by atoms with E-state index in [4.69, 9.17) is 0 Å². The summed E-state index contributed by atoms with van der Waals surface area (Å²) in [4.78, 5) is 17.9. The normalized spacial score (nSPS) is 33.8. The van der Waals surface area contributed by atoms with Crippen LogP contribution >= 0.6 is 12.4 Å². The fourth-order valence-corrected chi connectivity index (χ4v) is 6.00. The van der Waals surface area contributed by atoms with E-state index < -0.39 is 17.2 Å². The lowest BCUT2D eigenvalue weighted by Gasteiger charge is -2.49. The lowest BCUT2D eigenvalue weighted by molar-refractivity contribution is -0.154. The molecule has 2 saturated heterocycles. The molecule has 1 aliphatic carbocycles. The van der Waals surface area contributed by atoms with Gasteiger partial charge in [0, 0.05) is 55.5 Å². The fourth-order valence-electron chi connectivity index (χ4n) is 6.00. The van der Waals surface area contributed by atoms with Gasteiger partial charge in [-0.2, -0.15) is 0 Å². The Kier molecular flexibility index (Phi) is 7.01. The molecule has 3 aliphatic rings. The van der Waals surface area contributed by atoms with E-state index in [9.17, 15) is 18.7 Å². The van der Waals surface area contributed by atoms with Gasteiger partial charge in [-0.15, -0.1) is 12.4 Å². The standard InChI is InChI=1S/C25H36F2N2O2.ClH/c1-15-11-28(12-16(2)25(15,31)17-6-7-17)23(30)21-14-29(24(3,4)5)13-20(21)19-9-8-18(26)10-22(19)27;/h8-10,15-17,20-21,31H,6-7,11-14H2,1-5H3;1H/t15?,16?,20-,21+,25?;/m0./s1. The molecule has 2 unspecified atom stereocenters. The van der Waals surface area contributed by atoms with Crippen molar-refractivity contribution in [3.05, 3.63) is 35.4 Å². The minimum atomic E-state index is -0.702. The SMILES string of the molecule is CC1CN(C(=O)[C@@H]2CN(C(C)(C)C)C[C@H]2c2ccc(F)cc2F)CC(C)C1(O)C1CC1.Cl. The molecule has 180 valence electrons. The number of carbonyl (C=O) groups excluding carboxylic acids is 1. The lowest BCUT2D eigenvalue weighted by Crippen LogP contribution is -2.60. The van der Waals surface area contributed by atoms with Crippen molar-refractivity contribution < 1.29 is 18.7 Å². The number of aliphatic hydroxyl groups is 1. The van der Waals surface area contributed by atoms with Gasteiger partial charge in [0.05, 0.1) is 11.5 Å². The van der Waals surface area contributed by atoms with Crippen molar-refractivity contribution in [2.24, 2.45) is 23.7 Å². The maximum absolute atomic E-state index is 14.7. The van der Waals surface area contributed by atoms with E-state index in [0.29, 0.717) is 37.7 Å². The number of likely N-dealkylation sites (tertiary alicyclic amines) is 2. The van der Waals surface area contributed by atoms with Crippen molar-refractivity contribution in [2.75, 3.05) is 26.2 Å². The van der Waals surface area contributed by atoms with Gasteiger partial charge in [-0.25, -0.2) is 8.78 Å². The highest BCUT2D eigenvalue weighted by molar-refractivity contribution is 5.85. The minimum Gasteiger partial charge on any atom is -0.389 e. The number of benzene rings is 1. The van der Waals surface area contributed by atoms with E-state index >= 15 is 0 Å². The van der Waals surface area contributed by atoms with Gasteiger partial charge in [0.2, 0.25) is 5.91 Å². The zero-order chi connectivity index (χ0) is 22.7. The van der Waals surface area contributed by atoms with Gasteiger partial charge in [0.25, 0.3) is 0 Å². The molecular weight excluding hydrogens is 434 g/mol. The average Bonchev–Trinajstić information content (AvgIpc) is 3.43. The highest BCUT2D eigenvalue weighted by atomic mass is 35.5. The molecule has 4 rings (SSSR count). The number of carbonyl (C=O) groups is 1. The van der Waals surface area contributed by atoms with E-state index in [1.165, 1.54) is 12.1 Å². The molecule has 1 N–H and O–H groups in total. The van der Waals surface area contributed by atoms with E-state index in [0.717, 1.165) is 18.9 Å². The zero-order valence-electron chi connectivity index (χ0n) is 19.8. The van der Waals surface area contributed by atoms with Gasteiger partial charge >= 0.3 is 0 Å². The number of rotatable bonds is 3. The third-order valence-corrected chi connectivity index (χ3v) is 8.06. The van der Waals surface area contributed by atoms with Gasteiger partial charge in [-0.05, 0) is 51.2 Å². The van der Waals surface area contributed by atoms with Crippen LogP contribution in [0.2, 0.25) is 0 Å². The molecule has 4 atom stereocenters. The number of amides is 1. The van der Waals surface area contributed by atoms with Gasteiger partial charge in [-0.3, -0.25) is 9.69 Å². The van der Waals surface area contributed by atoms with Crippen LogP contribution in [0, 0.1) is 35.3 Å². The second-order valence-electron chi connectivity index (χ2n) is 11.2. The Bertz CT molecular complexity index is 843. The van der Waals surface area contributed by atoms with E-state index in [2.05, 4.69) is 25.7 Å². The van der Waals surface area contributed by atoms with Crippen LogP contribution in [0.4, 0.5) is 8.78 Å². The van der Waals surface area contributed by atoms with Gasteiger partial charge < -0.3 is 10.0 Å². The predicted octanol–water partition coefficient (Wildman–Crippen LogP) is 4.46. The van der Waals surface area contributed by atoms with Crippen LogP contribution in [0.3, 0.4) is 0 Å². The van der Waals surface area contributed by atoms with E-state index in [1.54, 1.807) is 0 Å². The molecule has 7 heteroatoms. The summed E-state index contributed by atoms with van der Waals surface area (Å²) in [5.41, 5.74) is -0.440. The molecule has 0 spiro atoms. The molecule has 0 radical (unpaired) electrons. The van der Waals surface area contributed by atoms with Gasteiger partial charge in [0.15, 0.2) is 0 Å². The van der Waals surface area contributed by atoms with Crippen LogP contribution in [-0.2, 0) is 4.79 Å². The second-order valence-corrected chi connectivity index (χ2v) is 11.2. The summed E-state index contributed by atoms with van der Waals surface area (Å²) < 4.78 is 28.2. The highest BCUT2D eigenvalue weighted by Crippen LogP contribution is 2.50. The van der Waals surface area contributed by atoms with Crippen LogP contribution in [-0.4, -0.2) is 58.1 Å². The molecule has 32 heavy (non-hydrogen) atoms. The summed E-state index contributed by atoms with van der Waals surface area (Å²) >= 11 is 0. The van der Waals surface area contributed by atoms with Crippen molar-refractivity contribution in [2.45, 2.75) is 64.5 Å². The fraction of sp³-hybridized carbons (Fsp3) is 0.720. The van der Waals surface area contributed by atoms with Crippen molar-refractivity contribution in [1.82, 2.24) is 9.80 Å². The third-order valence-electron chi connectivity index (χ3n) is 8.06. The van der Waals surface area contributed by atoms with Gasteiger partial charge in [-0.1, -0.05) is 19.9 Å². The maximum atomic E-state index is 14.7. The summed E-state index contributed by atoms with van der Waals surface area (Å²) in [7, 11) is 0. The molecular formula is C25H37ClF2N2O2. The molecule has 3 fully saturated rings. The molecule has 2 aliphatic heterocycles. The van der Waals surface area contributed by atoms with E-state index in [-0.39, 0.29) is 47.5 Å². The number of halogens is 3. The third kappa shape index (κ3) is 4.43. The Morgan fingerprint density at radius 1 is 1.06 bits per heavy atom. The first-order valence-corrected chi connectivity index (χ1v) is 11.6. The van der Waals surface area contributed by atoms with Crippen LogP contribution in [0.15, 0.2) is 18.2 Å². The summed E-state index contributed by atoms with van der Waals surface area (Å²) in [6, 6.07) is 3.69. The second kappa shape index (κ2) is 8.84. The predicted molar refractivity (Wildman–Crippen MR) is 124 cm³/mol. The van der Waals surface area contributed by atoms with Crippen LogP contribution in [0.1, 0.15) is 58.9 Å². The van der Waals surface area contributed by atoms with Crippen molar-refractivity contribution in [1.29, 1.82) is 0 Å². The molecule has 2 heterocycles. The Morgan fingerprint density at radius 2 is 1.66 bits per heavy atom. The Hall–Kier alpha value is -1.24. The number of hydrogen-bond acceptors (Lipinski definition) is 3. The average molecular weight is 471 g/mol. The van der Waals surface area contributed by atoms with Crippen molar-refractivity contribution in [3.8, 4) is 0 Å². The molecule has 1 aromatic rings. The highest BCUT2D eigenvalue weighted by Gasteiger charge is 2.55. The largest absolute Gasteiger partial charge is 0.389 e. The molecule has 1 aromatic carbocycles. The van der Waals surface area contributed by atoms with Crippen LogP contribution in [0.25, 0.3) is 0 Å². The van der Waals surface area contributed by atoms with E-state index in [1.807, 2.05) is 18.7 Å². The molecule has 1 amide bonds. The van der Waals surface area contributed by atoms with Crippen molar-refractivity contribution in [3.63, 3.8) is 0 Å². The van der Waals surface area contributed by atoms with Gasteiger partial charge in [0.1, 0.15) is 11.6 Å². The number of hydrogen-bond donors (Lipinski definition) is 1. The Balaban J connectivity index is 0.00000289. The lowest BCUT2D eigenvalue weighted by atomic mass is 9.71. The van der Waals surface area contributed by atoms with Crippen LogP contribution in [0.5, 0.6) is 0 Å². The summed E-state index contributed by atoms with van der Waals surface area (Å²) in [5.74, 6) is -1.50. The zero-order valence-corrected chi connectivity index (χ0v) is 20.6. The molecule has 0 bridgehead atoms. The summed E-state index contributed by atoms with van der Waals surface area (Å²) in [6.07, 6.45) is 2.13. The quantitative estimate of drug-likeness (QED) is 0.709. The first kappa shape index (κ1) is 25.4. The molecule has 1 saturated carbocycles. The number of piperidine rings is 1. The van der Waals surface area contributed by atoms with Crippen molar-refractivity contribution >= 4 is 18.3 Å². The number of nitrogens with zero attached hydrogens (tertiary/aromatic N) is 2. The Labute approximate surface area is 196 Å². The molecule has 4 nitrogen and oxygen atoms in total.